The predicted octanol–water partition coefficient (Wildman–Crippen LogP) is 2.10. The van der Waals surface area contributed by atoms with Gasteiger partial charge in [0, 0.05) is 23.1 Å². The van der Waals surface area contributed by atoms with E-state index in [4.69, 9.17) is 10.9 Å². The topological polar surface area (TPSA) is 87.4 Å². The van der Waals surface area contributed by atoms with Gasteiger partial charge in [-0.15, -0.1) is 0 Å². The van der Waals surface area contributed by atoms with Gasteiger partial charge in [0.15, 0.2) is 0 Å². The van der Waals surface area contributed by atoms with Crippen molar-refractivity contribution < 1.29 is 18.8 Å². The summed E-state index contributed by atoms with van der Waals surface area (Å²) in [6.07, 6.45) is -2.96. The Morgan fingerprint density at radius 1 is 1.21 bits per heavy atom. The SMILES string of the molecule is CC(N)(C(F)F)C(NCc1ccc(C#CC#Cc2ccsc2)cc1)C(=O)NO. The van der Waals surface area contributed by atoms with E-state index in [0.717, 1.165) is 23.6 Å². The van der Waals surface area contributed by atoms with Crippen molar-refractivity contribution >= 4 is 17.2 Å². The Morgan fingerprint density at radius 2 is 1.86 bits per heavy atom. The zero-order valence-electron chi connectivity index (χ0n) is 15.0. The first-order chi connectivity index (χ1) is 13.3. The zero-order chi connectivity index (χ0) is 20.6. The molecule has 0 saturated heterocycles. The molecule has 2 atom stereocenters. The van der Waals surface area contributed by atoms with Crippen LogP contribution in [0.15, 0.2) is 41.1 Å². The number of benzene rings is 1. The van der Waals surface area contributed by atoms with E-state index in [0.29, 0.717) is 0 Å². The van der Waals surface area contributed by atoms with Crippen molar-refractivity contribution in [3.8, 4) is 23.7 Å². The third-order valence-electron chi connectivity index (χ3n) is 3.93. The van der Waals surface area contributed by atoms with Crippen LogP contribution in [0, 0.1) is 23.7 Å². The van der Waals surface area contributed by atoms with Crippen LogP contribution < -0.4 is 16.5 Å². The second kappa shape index (κ2) is 9.98. The first-order valence-electron chi connectivity index (χ1n) is 8.22. The van der Waals surface area contributed by atoms with Gasteiger partial charge in [-0.05, 0) is 47.9 Å². The summed E-state index contributed by atoms with van der Waals surface area (Å²) in [5.74, 6) is 10.3. The number of carbonyl (C=O) groups excluding carboxylic acids is 1. The molecule has 0 aliphatic carbocycles. The molecule has 2 unspecified atom stereocenters. The van der Waals surface area contributed by atoms with Crippen molar-refractivity contribution in [2.45, 2.75) is 31.5 Å². The molecule has 0 aliphatic rings. The van der Waals surface area contributed by atoms with E-state index in [-0.39, 0.29) is 6.54 Å². The number of nitrogens with one attached hydrogen (secondary N) is 2. The molecular weight excluding hydrogens is 384 g/mol. The third kappa shape index (κ3) is 5.88. The molecule has 8 heteroatoms. The lowest BCUT2D eigenvalue weighted by molar-refractivity contribution is -0.135. The standard InChI is InChI=1S/C20H19F2N3O2S/c1-20(23,19(21)22)17(18(26)25-27)24-12-15-8-6-14(7-9-15)4-2-3-5-16-10-11-28-13-16/h6-11,13,17,19,24,27H,12,23H2,1H3,(H,25,26). The van der Waals surface area contributed by atoms with E-state index in [9.17, 15) is 13.6 Å². The number of alkyl halides is 2. The summed E-state index contributed by atoms with van der Waals surface area (Å²) in [6.45, 7) is 1.14. The fraction of sp³-hybridized carbons (Fsp3) is 0.250. The van der Waals surface area contributed by atoms with Gasteiger partial charge in [0.25, 0.3) is 12.3 Å². The summed E-state index contributed by atoms with van der Waals surface area (Å²) in [5, 5.41) is 15.3. The monoisotopic (exact) mass is 403 g/mol. The molecule has 146 valence electrons. The molecule has 5 nitrogen and oxygen atoms in total. The van der Waals surface area contributed by atoms with Gasteiger partial charge in [-0.3, -0.25) is 15.3 Å². The number of carbonyl (C=O) groups is 1. The lowest BCUT2D eigenvalue weighted by Crippen LogP contribution is -2.65. The molecule has 1 heterocycles. The molecule has 0 spiro atoms. The van der Waals surface area contributed by atoms with Crippen LogP contribution in [-0.2, 0) is 11.3 Å². The zero-order valence-corrected chi connectivity index (χ0v) is 15.8. The van der Waals surface area contributed by atoms with Crippen molar-refractivity contribution in [1.82, 2.24) is 10.8 Å². The van der Waals surface area contributed by atoms with Crippen LogP contribution in [0.4, 0.5) is 8.78 Å². The van der Waals surface area contributed by atoms with Crippen LogP contribution in [0.2, 0.25) is 0 Å². The average Bonchev–Trinajstić information content (AvgIpc) is 3.19. The number of amides is 1. The molecule has 0 bridgehead atoms. The number of hydrogen-bond donors (Lipinski definition) is 4. The van der Waals surface area contributed by atoms with Gasteiger partial charge >= 0.3 is 0 Å². The summed E-state index contributed by atoms with van der Waals surface area (Å²) < 4.78 is 26.2. The molecule has 1 amide bonds. The molecule has 2 rings (SSSR count). The average molecular weight is 403 g/mol. The molecule has 1 aromatic heterocycles. The normalized spacial score (nSPS) is 13.5. The maximum absolute atomic E-state index is 13.1. The Labute approximate surface area is 165 Å². The number of rotatable bonds is 6. The van der Waals surface area contributed by atoms with Crippen LogP contribution >= 0.6 is 11.3 Å². The lowest BCUT2D eigenvalue weighted by atomic mass is 9.93. The van der Waals surface area contributed by atoms with E-state index in [2.05, 4.69) is 29.0 Å². The molecule has 2 aromatic rings. The quantitative estimate of drug-likeness (QED) is 0.338. The van der Waals surface area contributed by atoms with E-state index in [1.54, 1.807) is 35.6 Å². The maximum atomic E-state index is 13.1. The van der Waals surface area contributed by atoms with Gasteiger partial charge < -0.3 is 5.73 Å². The molecular formula is C20H19F2N3O2S. The molecule has 28 heavy (non-hydrogen) atoms. The summed E-state index contributed by atoms with van der Waals surface area (Å²) in [4.78, 5) is 11.7. The Morgan fingerprint density at radius 3 is 2.39 bits per heavy atom. The van der Waals surface area contributed by atoms with Crippen LogP contribution in [0.3, 0.4) is 0 Å². The highest BCUT2D eigenvalue weighted by Crippen LogP contribution is 2.17. The second-order valence-electron chi connectivity index (χ2n) is 6.17. The van der Waals surface area contributed by atoms with E-state index in [1.165, 1.54) is 5.48 Å². The minimum atomic E-state index is -2.96. The Balaban J connectivity index is 2.00. The molecule has 5 N–H and O–H groups in total. The summed E-state index contributed by atoms with van der Waals surface area (Å²) in [6, 6.07) is 7.43. The largest absolute Gasteiger partial charge is 0.319 e. The van der Waals surface area contributed by atoms with Gasteiger partial charge in [0.1, 0.15) is 6.04 Å². The highest BCUT2D eigenvalue weighted by molar-refractivity contribution is 7.08. The molecule has 1 aromatic carbocycles. The Bertz CT molecular complexity index is 905. The van der Waals surface area contributed by atoms with Gasteiger partial charge in [-0.25, -0.2) is 14.3 Å². The predicted molar refractivity (Wildman–Crippen MR) is 104 cm³/mol. The lowest BCUT2D eigenvalue weighted by Gasteiger charge is -2.32. The Hall–Kier alpha value is -2.75. The summed E-state index contributed by atoms with van der Waals surface area (Å²) >= 11 is 1.56. The van der Waals surface area contributed by atoms with Crippen molar-refractivity contribution in [3.05, 3.63) is 57.8 Å². The fourth-order valence-corrected chi connectivity index (χ4v) is 2.84. The van der Waals surface area contributed by atoms with E-state index >= 15 is 0 Å². The van der Waals surface area contributed by atoms with Crippen molar-refractivity contribution in [2.24, 2.45) is 5.73 Å². The Kier molecular flexibility index (Phi) is 7.68. The van der Waals surface area contributed by atoms with Gasteiger partial charge in [-0.1, -0.05) is 24.0 Å². The van der Waals surface area contributed by atoms with Crippen LogP contribution in [0.25, 0.3) is 0 Å². The third-order valence-corrected chi connectivity index (χ3v) is 4.61. The molecule has 0 saturated carbocycles. The number of nitrogens with two attached hydrogens (primary N) is 1. The molecule has 0 fully saturated rings. The summed E-state index contributed by atoms with van der Waals surface area (Å²) in [5.41, 5.74) is 7.16. The smallest absolute Gasteiger partial charge is 0.262 e. The van der Waals surface area contributed by atoms with E-state index in [1.807, 2.05) is 16.8 Å². The minimum absolute atomic E-state index is 0.100. The van der Waals surface area contributed by atoms with Crippen molar-refractivity contribution in [3.63, 3.8) is 0 Å². The fourth-order valence-electron chi connectivity index (χ4n) is 2.25. The summed E-state index contributed by atoms with van der Waals surface area (Å²) in [7, 11) is 0. The van der Waals surface area contributed by atoms with Crippen LogP contribution in [0.5, 0.6) is 0 Å². The highest BCUT2D eigenvalue weighted by atomic mass is 32.1. The first kappa shape index (κ1) is 21.5. The van der Waals surface area contributed by atoms with Gasteiger partial charge in [0.05, 0.1) is 5.54 Å². The molecule has 0 radical (unpaired) electrons. The maximum Gasteiger partial charge on any atom is 0.262 e. The van der Waals surface area contributed by atoms with Crippen molar-refractivity contribution in [2.75, 3.05) is 0 Å². The van der Waals surface area contributed by atoms with E-state index < -0.39 is 23.9 Å². The number of thiophene rings is 1. The minimum Gasteiger partial charge on any atom is -0.319 e. The number of hydroxylamine groups is 1. The van der Waals surface area contributed by atoms with Gasteiger partial charge in [-0.2, -0.15) is 11.3 Å². The number of halogens is 2. The van der Waals surface area contributed by atoms with Gasteiger partial charge in [0.2, 0.25) is 0 Å². The first-order valence-corrected chi connectivity index (χ1v) is 9.16. The highest BCUT2D eigenvalue weighted by Gasteiger charge is 2.43. The number of hydrogen-bond acceptors (Lipinski definition) is 5. The van der Waals surface area contributed by atoms with Crippen LogP contribution in [-0.4, -0.2) is 29.1 Å². The van der Waals surface area contributed by atoms with Crippen LogP contribution in [0.1, 0.15) is 23.6 Å². The van der Waals surface area contributed by atoms with Crippen molar-refractivity contribution in [1.29, 1.82) is 0 Å². The molecule has 0 aliphatic heterocycles. The second-order valence-corrected chi connectivity index (χ2v) is 6.95.